The van der Waals surface area contributed by atoms with Crippen molar-refractivity contribution in [2.45, 2.75) is 31.8 Å². The normalized spacial score (nSPS) is 14.0. The fraction of sp³-hybridized carbons (Fsp3) is 0.308. The minimum Gasteiger partial charge on any atom is -0.378 e. The van der Waals surface area contributed by atoms with Crippen LogP contribution in [0.4, 0.5) is 18.9 Å². The summed E-state index contributed by atoms with van der Waals surface area (Å²) in [7, 11) is 1.69. The topological polar surface area (TPSA) is 75.2 Å². The van der Waals surface area contributed by atoms with Gasteiger partial charge in [0.15, 0.2) is 0 Å². The number of ether oxygens (including phenoxy) is 2. The zero-order valence-corrected chi connectivity index (χ0v) is 28.0. The number of rotatable bonds is 14. The maximum Gasteiger partial charge on any atom is 0.416 e. The number of likely N-dealkylation sites (N-methyl/N-ethyl adjacent to an activating group) is 1. The van der Waals surface area contributed by atoms with Gasteiger partial charge in [0, 0.05) is 63.8 Å². The second kappa shape index (κ2) is 17.6. The van der Waals surface area contributed by atoms with Gasteiger partial charge in [-0.2, -0.15) is 13.2 Å². The van der Waals surface area contributed by atoms with Gasteiger partial charge >= 0.3 is 6.18 Å². The second-order valence-corrected chi connectivity index (χ2v) is 12.1. The van der Waals surface area contributed by atoms with Crippen LogP contribution < -0.4 is 4.90 Å². The Labute approximate surface area is 290 Å². The number of nitrogens with zero attached hydrogens (tertiary/aromatic N) is 4. The zero-order chi connectivity index (χ0) is 35.3. The Morgan fingerprint density at radius 2 is 1.62 bits per heavy atom. The van der Waals surface area contributed by atoms with Gasteiger partial charge < -0.3 is 24.2 Å². The standard InChI is InChI=1S/C39H41F3N4O4/c1-44(20-23-50-29-33-8-5-19-43-27-33)38(48)36(26-31-6-3-2-4-7-31)46(28-32-11-16-35(17-12-32)45-21-24-49-25-22-45)37(47)18-13-30-9-14-34(15-10-30)39(40,41)42/h2-19,27,36H,20-26,28-29H2,1H3/t36-/m0/s1. The van der Waals surface area contributed by atoms with Crippen LogP contribution in [-0.2, 0) is 44.8 Å². The molecule has 0 spiro atoms. The van der Waals surface area contributed by atoms with Crippen molar-refractivity contribution in [3.63, 3.8) is 0 Å². The van der Waals surface area contributed by atoms with E-state index < -0.39 is 23.7 Å². The van der Waals surface area contributed by atoms with Crippen LogP contribution in [0.25, 0.3) is 6.08 Å². The first-order valence-corrected chi connectivity index (χ1v) is 16.5. The lowest BCUT2D eigenvalue weighted by atomic mass is 10.0. The molecule has 1 aliphatic heterocycles. The Morgan fingerprint density at radius 1 is 0.920 bits per heavy atom. The molecule has 262 valence electrons. The first kappa shape index (κ1) is 36.3. The van der Waals surface area contributed by atoms with Crippen LogP contribution in [-0.4, -0.2) is 79.1 Å². The SMILES string of the molecule is CN(CCOCc1cccnc1)C(=O)[C@H](Cc1ccccc1)N(Cc1ccc(N2CCOCC2)cc1)C(=O)C=Cc1ccc(C(F)(F)F)cc1. The summed E-state index contributed by atoms with van der Waals surface area (Å²) in [6.07, 6.45) is 1.98. The molecular formula is C39H41F3N4O4. The van der Waals surface area contributed by atoms with Crippen molar-refractivity contribution in [1.29, 1.82) is 0 Å². The van der Waals surface area contributed by atoms with E-state index >= 15 is 0 Å². The Hall–Kier alpha value is -5.00. The smallest absolute Gasteiger partial charge is 0.378 e. The number of aromatic nitrogens is 1. The van der Waals surface area contributed by atoms with Crippen molar-refractivity contribution >= 4 is 23.6 Å². The molecular weight excluding hydrogens is 645 g/mol. The van der Waals surface area contributed by atoms with Gasteiger partial charge in [-0.05, 0) is 58.7 Å². The van der Waals surface area contributed by atoms with E-state index in [1.165, 1.54) is 29.2 Å². The molecule has 4 aromatic rings. The molecule has 2 amide bonds. The molecule has 1 fully saturated rings. The third-order valence-electron chi connectivity index (χ3n) is 8.48. The largest absolute Gasteiger partial charge is 0.416 e. The fourth-order valence-electron chi connectivity index (χ4n) is 5.63. The predicted molar refractivity (Wildman–Crippen MR) is 186 cm³/mol. The summed E-state index contributed by atoms with van der Waals surface area (Å²) in [5.74, 6) is -0.710. The lowest BCUT2D eigenvalue weighted by Crippen LogP contribution is -2.51. The van der Waals surface area contributed by atoms with E-state index in [1.54, 1.807) is 24.3 Å². The number of carbonyl (C=O) groups excluding carboxylic acids is 2. The number of hydrogen-bond donors (Lipinski definition) is 0. The monoisotopic (exact) mass is 686 g/mol. The molecule has 0 N–H and O–H groups in total. The van der Waals surface area contributed by atoms with E-state index in [9.17, 15) is 22.8 Å². The van der Waals surface area contributed by atoms with Crippen LogP contribution in [0.3, 0.4) is 0 Å². The molecule has 0 bridgehead atoms. The minimum absolute atomic E-state index is 0.133. The van der Waals surface area contributed by atoms with E-state index in [2.05, 4.69) is 9.88 Å². The third-order valence-corrected chi connectivity index (χ3v) is 8.48. The van der Waals surface area contributed by atoms with E-state index in [0.717, 1.165) is 47.6 Å². The molecule has 0 unspecified atom stereocenters. The molecule has 1 saturated heterocycles. The molecule has 1 atom stereocenters. The number of hydrogen-bond acceptors (Lipinski definition) is 6. The highest BCUT2D eigenvalue weighted by atomic mass is 19.4. The van der Waals surface area contributed by atoms with Crippen molar-refractivity contribution in [1.82, 2.24) is 14.8 Å². The van der Waals surface area contributed by atoms with E-state index in [4.69, 9.17) is 9.47 Å². The lowest BCUT2D eigenvalue weighted by Gasteiger charge is -2.33. The summed E-state index contributed by atoms with van der Waals surface area (Å²) in [5, 5.41) is 0. The van der Waals surface area contributed by atoms with Crippen molar-refractivity contribution in [3.05, 3.63) is 137 Å². The van der Waals surface area contributed by atoms with Crippen molar-refractivity contribution in [3.8, 4) is 0 Å². The van der Waals surface area contributed by atoms with E-state index in [0.29, 0.717) is 31.9 Å². The van der Waals surface area contributed by atoms with Gasteiger partial charge in [0.25, 0.3) is 0 Å². The maximum absolute atomic E-state index is 14.2. The van der Waals surface area contributed by atoms with Crippen molar-refractivity contribution in [2.75, 3.05) is 51.4 Å². The number of anilines is 1. The first-order valence-electron chi connectivity index (χ1n) is 16.5. The Kier molecular flexibility index (Phi) is 12.8. The molecule has 5 rings (SSSR count). The number of pyridine rings is 1. The van der Waals surface area contributed by atoms with E-state index in [-0.39, 0.29) is 25.5 Å². The average molecular weight is 687 g/mol. The van der Waals surface area contributed by atoms with Crippen molar-refractivity contribution < 1.29 is 32.2 Å². The summed E-state index contributed by atoms with van der Waals surface area (Å²) in [5.41, 5.74) is 3.31. The highest BCUT2D eigenvalue weighted by Crippen LogP contribution is 2.29. The van der Waals surface area contributed by atoms with Crippen LogP contribution in [0.2, 0.25) is 0 Å². The van der Waals surface area contributed by atoms with Crippen LogP contribution in [0.1, 0.15) is 27.8 Å². The molecule has 3 aromatic carbocycles. The number of carbonyl (C=O) groups is 2. The highest BCUT2D eigenvalue weighted by molar-refractivity contribution is 5.95. The van der Waals surface area contributed by atoms with Crippen LogP contribution in [0, 0.1) is 0 Å². The van der Waals surface area contributed by atoms with Gasteiger partial charge in [0.05, 0.1) is 32.0 Å². The van der Waals surface area contributed by atoms with Crippen molar-refractivity contribution in [2.24, 2.45) is 0 Å². The summed E-state index contributed by atoms with van der Waals surface area (Å²) >= 11 is 0. The molecule has 0 aliphatic carbocycles. The Morgan fingerprint density at radius 3 is 2.28 bits per heavy atom. The van der Waals surface area contributed by atoms with Gasteiger partial charge in [0.1, 0.15) is 6.04 Å². The van der Waals surface area contributed by atoms with Gasteiger partial charge in [-0.15, -0.1) is 0 Å². The summed E-state index contributed by atoms with van der Waals surface area (Å²) < 4.78 is 50.7. The predicted octanol–water partition coefficient (Wildman–Crippen LogP) is 6.27. The highest BCUT2D eigenvalue weighted by Gasteiger charge is 2.32. The number of morpholine rings is 1. The Bertz CT molecular complexity index is 1680. The molecule has 8 nitrogen and oxygen atoms in total. The number of benzene rings is 3. The fourth-order valence-corrected chi connectivity index (χ4v) is 5.63. The summed E-state index contributed by atoms with van der Waals surface area (Å²) in [4.78, 5) is 37.7. The molecule has 2 heterocycles. The third kappa shape index (κ3) is 10.5. The van der Waals surface area contributed by atoms with Gasteiger partial charge in [-0.1, -0.05) is 60.7 Å². The quantitative estimate of drug-likeness (QED) is 0.115. The number of alkyl halides is 3. The first-order chi connectivity index (χ1) is 24.2. The van der Waals surface area contributed by atoms with Crippen LogP contribution in [0.15, 0.2) is 109 Å². The maximum atomic E-state index is 14.2. The number of halogens is 3. The minimum atomic E-state index is -4.47. The number of amides is 2. The van der Waals surface area contributed by atoms with Gasteiger partial charge in [-0.3, -0.25) is 14.6 Å². The van der Waals surface area contributed by atoms with E-state index in [1.807, 2.05) is 66.7 Å². The second-order valence-electron chi connectivity index (χ2n) is 12.1. The van der Waals surface area contributed by atoms with Crippen LogP contribution >= 0.6 is 0 Å². The summed E-state index contributed by atoms with van der Waals surface area (Å²) in [6.45, 7) is 3.93. The summed E-state index contributed by atoms with van der Waals surface area (Å²) in [6, 6.07) is 24.8. The molecule has 0 saturated carbocycles. The van der Waals surface area contributed by atoms with Gasteiger partial charge in [-0.25, -0.2) is 0 Å². The molecule has 1 aliphatic rings. The molecule has 0 radical (unpaired) electrons. The molecule has 1 aromatic heterocycles. The average Bonchev–Trinajstić information content (AvgIpc) is 3.14. The zero-order valence-electron chi connectivity index (χ0n) is 28.0. The molecule has 50 heavy (non-hydrogen) atoms. The molecule has 11 heteroatoms. The lowest BCUT2D eigenvalue weighted by molar-refractivity contribution is -0.143. The Balaban J connectivity index is 1.39. The van der Waals surface area contributed by atoms with Crippen LogP contribution in [0.5, 0.6) is 0 Å². The van der Waals surface area contributed by atoms with Gasteiger partial charge in [0.2, 0.25) is 11.8 Å².